The van der Waals surface area contributed by atoms with E-state index < -0.39 is 0 Å². The Morgan fingerprint density at radius 2 is 2.12 bits per heavy atom. The predicted octanol–water partition coefficient (Wildman–Crippen LogP) is 3.01. The van der Waals surface area contributed by atoms with E-state index in [1.54, 1.807) is 14.2 Å². The van der Waals surface area contributed by atoms with E-state index in [1.165, 1.54) is 12.0 Å². The number of nitrogens with zero attached hydrogens (tertiary/aromatic N) is 3. The van der Waals surface area contributed by atoms with Gasteiger partial charge in [-0.3, -0.25) is 4.90 Å². The molecule has 0 saturated carbocycles. The summed E-state index contributed by atoms with van der Waals surface area (Å²) in [4.78, 5) is 11.6. The minimum absolute atomic E-state index is 0.587. The zero-order valence-corrected chi connectivity index (χ0v) is 14.5. The molecule has 0 spiro atoms. The third-order valence-electron chi connectivity index (χ3n) is 4.21. The van der Waals surface area contributed by atoms with E-state index in [4.69, 9.17) is 9.47 Å². The molecule has 2 heterocycles. The number of benzene rings is 1. The van der Waals surface area contributed by atoms with Gasteiger partial charge in [0.15, 0.2) is 0 Å². The van der Waals surface area contributed by atoms with Gasteiger partial charge >= 0.3 is 0 Å². The van der Waals surface area contributed by atoms with Crippen molar-refractivity contribution in [3.63, 3.8) is 0 Å². The number of ether oxygens (including phenoxy) is 2. The largest absolute Gasteiger partial charge is 0.497 e. The number of aromatic nitrogens is 2. The number of hydrogen-bond donors (Lipinski definition) is 1. The standard InChI is InChI=1S/C18H24N4O2/c1-4-8-22-9-7-15-13(12-22)11-19-18(20-15)21-16-10-14(23-2)5-6-17(16)24-3/h5-6,10-11H,4,7-9,12H2,1-3H3,(H,19,20,21). The van der Waals surface area contributed by atoms with E-state index in [2.05, 4.69) is 27.1 Å². The second-order valence-electron chi connectivity index (χ2n) is 5.88. The lowest BCUT2D eigenvalue weighted by Gasteiger charge is -2.27. The zero-order valence-electron chi connectivity index (χ0n) is 14.5. The summed E-state index contributed by atoms with van der Waals surface area (Å²) >= 11 is 0. The molecule has 0 unspecified atom stereocenters. The molecule has 1 aromatic carbocycles. The molecule has 1 N–H and O–H groups in total. The molecule has 1 aliphatic heterocycles. The first-order chi connectivity index (χ1) is 11.7. The van der Waals surface area contributed by atoms with Gasteiger partial charge in [0.1, 0.15) is 11.5 Å². The smallest absolute Gasteiger partial charge is 0.227 e. The monoisotopic (exact) mass is 328 g/mol. The van der Waals surface area contributed by atoms with Crippen LogP contribution in [0, 0.1) is 0 Å². The molecule has 0 radical (unpaired) electrons. The third kappa shape index (κ3) is 3.59. The molecule has 1 aliphatic rings. The fraction of sp³-hybridized carbons (Fsp3) is 0.444. The average molecular weight is 328 g/mol. The van der Waals surface area contributed by atoms with Crippen molar-refractivity contribution in [3.05, 3.63) is 35.7 Å². The van der Waals surface area contributed by atoms with Gasteiger partial charge in [-0.05, 0) is 25.1 Å². The van der Waals surface area contributed by atoms with Crippen LogP contribution in [0.4, 0.5) is 11.6 Å². The van der Waals surface area contributed by atoms with Crippen LogP contribution in [0.1, 0.15) is 24.6 Å². The van der Waals surface area contributed by atoms with Gasteiger partial charge in [-0.2, -0.15) is 0 Å². The highest BCUT2D eigenvalue weighted by Gasteiger charge is 2.18. The molecule has 2 aromatic rings. The Morgan fingerprint density at radius 1 is 1.25 bits per heavy atom. The lowest BCUT2D eigenvalue weighted by molar-refractivity contribution is 0.252. The summed E-state index contributed by atoms with van der Waals surface area (Å²) in [7, 11) is 3.28. The third-order valence-corrected chi connectivity index (χ3v) is 4.21. The van der Waals surface area contributed by atoms with Gasteiger partial charge in [0.25, 0.3) is 0 Å². The summed E-state index contributed by atoms with van der Waals surface area (Å²) in [6, 6.07) is 5.60. The van der Waals surface area contributed by atoms with Crippen LogP contribution in [-0.2, 0) is 13.0 Å². The first-order valence-corrected chi connectivity index (χ1v) is 8.29. The lowest BCUT2D eigenvalue weighted by atomic mass is 10.1. The average Bonchev–Trinajstić information content (AvgIpc) is 2.62. The van der Waals surface area contributed by atoms with Crippen LogP contribution in [0.15, 0.2) is 24.4 Å². The molecule has 0 bridgehead atoms. The van der Waals surface area contributed by atoms with Crippen LogP contribution < -0.4 is 14.8 Å². The summed E-state index contributed by atoms with van der Waals surface area (Å²) in [5.74, 6) is 2.07. The van der Waals surface area contributed by atoms with E-state index >= 15 is 0 Å². The van der Waals surface area contributed by atoms with Gasteiger partial charge in [0.05, 0.1) is 25.6 Å². The molecule has 6 nitrogen and oxygen atoms in total. The fourth-order valence-corrected chi connectivity index (χ4v) is 2.97. The number of methoxy groups -OCH3 is 2. The Morgan fingerprint density at radius 3 is 2.88 bits per heavy atom. The van der Waals surface area contributed by atoms with Crippen molar-refractivity contribution >= 4 is 11.6 Å². The minimum atomic E-state index is 0.587. The Hall–Kier alpha value is -2.34. The van der Waals surface area contributed by atoms with Crippen molar-refractivity contribution in [2.75, 3.05) is 32.6 Å². The molecular formula is C18H24N4O2. The minimum Gasteiger partial charge on any atom is -0.497 e. The normalized spacial score (nSPS) is 14.1. The van der Waals surface area contributed by atoms with Crippen LogP contribution >= 0.6 is 0 Å². The SMILES string of the molecule is CCCN1CCc2nc(Nc3cc(OC)ccc3OC)ncc2C1. The Bertz CT molecular complexity index is 705. The fourth-order valence-electron chi connectivity index (χ4n) is 2.97. The summed E-state index contributed by atoms with van der Waals surface area (Å²) in [6.45, 7) is 5.33. The maximum absolute atomic E-state index is 5.39. The van der Waals surface area contributed by atoms with Crippen molar-refractivity contribution in [1.82, 2.24) is 14.9 Å². The molecule has 0 aliphatic carbocycles. The summed E-state index contributed by atoms with van der Waals surface area (Å²) < 4.78 is 10.7. The molecule has 128 valence electrons. The van der Waals surface area contributed by atoms with Crippen LogP contribution in [0.5, 0.6) is 11.5 Å². The summed E-state index contributed by atoms with van der Waals surface area (Å²) in [5, 5.41) is 3.24. The van der Waals surface area contributed by atoms with Gasteiger partial charge in [0.2, 0.25) is 5.95 Å². The van der Waals surface area contributed by atoms with Crippen molar-refractivity contribution in [1.29, 1.82) is 0 Å². The molecule has 0 atom stereocenters. The number of rotatable bonds is 6. The van der Waals surface area contributed by atoms with Crippen LogP contribution in [0.3, 0.4) is 0 Å². The molecular weight excluding hydrogens is 304 g/mol. The van der Waals surface area contributed by atoms with Crippen LogP contribution in [0.25, 0.3) is 0 Å². The van der Waals surface area contributed by atoms with Crippen molar-refractivity contribution in [2.24, 2.45) is 0 Å². The molecule has 0 amide bonds. The Balaban J connectivity index is 1.80. The second-order valence-corrected chi connectivity index (χ2v) is 5.88. The van der Waals surface area contributed by atoms with E-state index in [0.29, 0.717) is 5.95 Å². The Labute approximate surface area is 142 Å². The zero-order chi connectivity index (χ0) is 16.9. The quantitative estimate of drug-likeness (QED) is 0.879. The summed E-state index contributed by atoms with van der Waals surface area (Å²) in [6.07, 6.45) is 4.06. The van der Waals surface area contributed by atoms with Gasteiger partial charge in [-0.15, -0.1) is 0 Å². The van der Waals surface area contributed by atoms with Crippen molar-refractivity contribution < 1.29 is 9.47 Å². The number of nitrogens with one attached hydrogen (secondary N) is 1. The predicted molar refractivity (Wildman–Crippen MR) is 94.1 cm³/mol. The topological polar surface area (TPSA) is 59.5 Å². The molecule has 3 rings (SSSR count). The van der Waals surface area contributed by atoms with E-state index in [-0.39, 0.29) is 0 Å². The van der Waals surface area contributed by atoms with Crippen LogP contribution in [-0.4, -0.2) is 42.2 Å². The molecule has 0 fully saturated rings. The highest BCUT2D eigenvalue weighted by atomic mass is 16.5. The highest BCUT2D eigenvalue weighted by Crippen LogP contribution is 2.31. The number of hydrogen-bond acceptors (Lipinski definition) is 6. The van der Waals surface area contributed by atoms with Crippen molar-refractivity contribution in [3.8, 4) is 11.5 Å². The van der Waals surface area contributed by atoms with Gasteiger partial charge in [-0.1, -0.05) is 6.92 Å². The maximum Gasteiger partial charge on any atom is 0.227 e. The summed E-state index contributed by atoms with van der Waals surface area (Å²) in [5.41, 5.74) is 3.14. The Kier molecular flexibility index (Phi) is 5.15. The van der Waals surface area contributed by atoms with E-state index in [0.717, 1.165) is 48.9 Å². The number of anilines is 2. The van der Waals surface area contributed by atoms with Gasteiger partial charge < -0.3 is 14.8 Å². The molecule has 1 aromatic heterocycles. The van der Waals surface area contributed by atoms with Gasteiger partial charge in [-0.25, -0.2) is 9.97 Å². The number of fused-ring (bicyclic) bond motifs is 1. The first kappa shape index (κ1) is 16.5. The second kappa shape index (κ2) is 7.49. The van der Waals surface area contributed by atoms with E-state index in [1.807, 2.05) is 24.4 Å². The molecule has 0 saturated heterocycles. The maximum atomic E-state index is 5.39. The highest BCUT2D eigenvalue weighted by molar-refractivity contribution is 5.65. The molecule has 24 heavy (non-hydrogen) atoms. The van der Waals surface area contributed by atoms with Gasteiger partial charge in [0, 0.05) is 37.3 Å². The van der Waals surface area contributed by atoms with Crippen LogP contribution in [0.2, 0.25) is 0 Å². The van der Waals surface area contributed by atoms with E-state index in [9.17, 15) is 0 Å². The lowest BCUT2D eigenvalue weighted by Crippen LogP contribution is -2.31. The van der Waals surface area contributed by atoms with Crippen molar-refractivity contribution in [2.45, 2.75) is 26.3 Å². The molecule has 6 heteroatoms. The first-order valence-electron chi connectivity index (χ1n) is 8.29.